The molecule has 0 amide bonds. The Hall–Kier alpha value is -0.990. The van der Waals surface area contributed by atoms with Gasteiger partial charge in [-0.3, -0.25) is 0 Å². The summed E-state index contributed by atoms with van der Waals surface area (Å²) in [6, 6.07) is 0.630. The van der Waals surface area contributed by atoms with E-state index in [-0.39, 0.29) is 0 Å². The highest BCUT2D eigenvalue weighted by molar-refractivity contribution is 5.30. The van der Waals surface area contributed by atoms with Crippen molar-refractivity contribution in [2.45, 2.75) is 84.7 Å². The Bertz CT molecular complexity index is 389. The van der Waals surface area contributed by atoms with E-state index < -0.39 is 0 Å². The Kier molecular flexibility index (Phi) is 5.93. The van der Waals surface area contributed by atoms with Crippen molar-refractivity contribution in [1.29, 1.82) is 0 Å². The lowest BCUT2D eigenvalue weighted by Gasteiger charge is -2.29. The summed E-state index contributed by atoms with van der Waals surface area (Å²) in [7, 11) is 0. The highest BCUT2D eigenvalue weighted by Gasteiger charge is 2.21. The summed E-state index contributed by atoms with van der Waals surface area (Å²) in [6.45, 7) is 7.72. The lowest BCUT2D eigenvalue weighted by Crippen LogP contribution is -2.27. The molecule has 0 atom stereocenters. The number of nitrogens with one attached hydrogen (secondary N) is 1. The zero-order valence-electron chi connectivity index (χ0n) is 13.5. The topological polar surface area (TPSA) is 29.9 Å². The predicted octanol–water partition coefficient (Wildman–Crippen LogP) is 4.76. The van der Waals surface area contributed by atoms with Gasteiger partial charge in [-0.15, -0.1) is 0 Å². The highest BCUT2D eigenvalue weighted by Crippen LogP contribution is 2.29. The van der Waals surface area contributed by atoms with Crippen LogP contribution in [-0.4, -0.2) is 15.6 Å². The molecule has 0 saturated heterocycles. The van der Waals surface area contributed by atoms with Crippen molar-refractivity contribution in [1.82, 2.24) is 9.55 Å². The highest BCUT2D eigenvalue weighted by atomic mass is 15.2. The van der Waals surface area contributed by atoms with Crippen molar-refractivity contribution in [3.63, 3.8) is 0 Å². The molecule has 1 aromatic rings. The molecule has 1 aliphatic carbocycles. The molecule has 1 fully saturated rings. The average Bonchev–Trinajstić information content (AvgIpc) is 2.79. The molecule has 1 aromatic heterocycles. The van der Waals surface area contributed by atoms with Crippen molar-refractivity contribution >= 4 is 5.95 Å². The van der Waals surface area contributed by atoms with Crippen molar-refractivity contribution in [3.8, 4) is 0 Å². The maximum Gasteiger partial charge on any atom is 0.203 e. The van der Waals surface area contributed by atoms with Gasteiger partial charge in [-0.1, -0.05) is 33.1 Å². The van der Waals surface area contributed by atoms with Crippen LogP contribution >= 0.6 is 0 Å². The third kappa shape index (κ3) is 4.26. The normalized spacial score (nSPS) is 22.9. The van der Waals surface area contributed by atoms with Crippen molar-refractivity contribution in [2.75, 3.05) is 5.32 Å². The summed E-state index contributed by atoms with van der Waals surface area (Å²) >= 11 is 0. The van der Waals surface area contributed by atoms with E-state index in [1.54, 1.807) is 0 Å². The molecule has 1 saturated carbocycles. The lowest BCUT2D eigenvalue weighted by molar-refractivity contribution is 0.318. The molecule has 0 unspecified atom stereocenters. The Labute approximate surface area is 124 Å². The maximum atomic E-state index is 4.66. The summed E-state index contributed by atoms with van der Waals surface area (Å²) in [5.41, 5.74) is 1.13. The van der Waals surface area contributed by atoms with Crippen molar-refractivity contribution < 1.29 is 0 Å². The van der Waals surface area contributed by atoms with E-state index in [9.17, 15) is 0 Å². The molecule has 3 nitrogen and oxygen atoms in total. The zero-order valence-corrected chi connectivity index (χ0v) is 13.5. The SMILES string of the molecule is CCCCn1cc(C)nc1NC1CCC(CCC)CC1. The van der Waals surface area contributed by atoms with Gasteiger partial charge in [0.05, 0.1) is 5.69 Å². The number of aryl methyl sites for hydroxylation is 2. The minimum atomic E-state index is 0.630. The smallest absolute Gasteiger partial charge is 0.203 e. The van der Waals surface area contributed by atoms with Gasteiger partial charge >= 0.3 is 0 Å². The molecule has 0 spiro atoms. The third-order valence-electron chi connectivity index (χ3n) is 4.53. The summed E-state index contributed by atoms with van der Waals surface area (Å²) in [5, 5.41) is 3.69. The number of imidazole rings is 1. The molecule has 0 aromatic carbocycles. The molecule has 0 bridgehead atoms. The van der Waals surface area contributed by atoms with Gasteiger partial charge in [-0.25, -0.2) is 4.98 Å². The minimum absolute atomic E-state index is 0.630. The largest absolute Gasteiger partial charge is 0.353 e. The summed E-state index contributed by atoms with van der Waals surface area (Å²) in [6.07, 6.45) is 12.8. The van der Waals surface area contributed by atoms with Crippen molar-refractivity contribution in [3.05, 3.63) is 11.9 Å². The van der Waals surface area contributed by atoms with Gasteiger partial charge in [0.15, 0.2) is 0 Å². The summed E-state index contributed by atoms with van der Waals surface area (Å²) < 4.78 is 2.30. The van der Waals surface area contributed by atoms with Crippen LogP contribution in [0.5, 0.6) is 0 Å². The Balaban J connectivity index is 1.87. The van der Waals surface area contributed by atoms with Crippen LogP contribution in [0.15, 0.2) is 6.20 Å². The number of anilines is 1. The summed E-state index contributed by atoms with van der Waals surface area (Å²) in [4.78, 5) is 4.66. The molecule has 3 heteroatoms. The van der Waals surface area contributed by atoms with Gasteiger partial charge < -0.3 is 9.88 Å². The number of aromatic nitrogens is 2. The molecule has 2 rings (SSSR count). The fourth-order valence-electron chi connectivity index (χ4n) is 3.35. The van der Waals surface area contributed by atoms with Gasteiger partial charge in [0.2, 0.25) is 5.95 Å². The number of hydrogen-bond acceptors (Lipinski definition) is 2. The van der Waals surface area contributed by atoms with E-state index in [0.717, 1.165) is 24.1 Å². The van der Waals surface area contributed by atoms with Crippen LogP contribution in [0.3, 0.4) is 0 Å². The quantitative estimate of drug-likeness (QED) is 0.778. The molecular weight excluding hydrogens is 246 g/mol. The minimum Gasteiger partial charge on any atom is -0.353 e. The van der Waals surface area contributed by atoms with Gasteiger partial charge in [-0.2, -0.15) is 0 Å². The Morgan fingerprint density at radius 3 is 2.60 bits per heavy atom. The standard InChI is InChI=1S/C17H31N3/c1-4-6-12-20-13-14(3)18-17(20)19-16-10-8-15(7-5-2)9-11-16/h13,15-16H,4-12H2,1-3H3,(H,18,19). The van der Waals surface area contributed by atoms with E-state index in [1.807, 2.05) is 0 Å². The second-order valence-corrected chi connectivity index (χ2v) is 6.40. The van der Waals surface area contributed by atoms with Crippen LogP contribution in [0.1, 0.15) is 70.9 Å². The van der Waals surface area contributed by atoms with Crippen LogP contribution in [0.4, 0.5) is 5.95 Å². The van der Waals surface area contributed by atoms with E-state index in [4.69, 9.17) is 0 Å². The molecule has 1 aliphatic rings. The number of hydrogen-bond donors (Lipinski definition) is 1. The molecule has 0 radical (unpaired) electrons. The molecule has 20 heavy (non-hydrogen) atoms. The summed E-state index contributed by atoms with van der Waals surface area (Å²) in [5.74, 6) is 2.06. The number of unbranched alkanes of at least 4 members (excludes halogenated alkanes) is 1. The van der Waals surface area contributed by atoms with Crippen LogP contribution in [0.25, 0.3) is 0 Å². The Morgan fingerprint density at radius 1 is 1.20 bits per heavy atom. The van der Waals surface area contributed by atoms with E-state index >= 15 is 0 Å². The number of nitrogens with zero attached hydrogens (tertiary/aromatic N) is 2. The first-order chi connectivity index (χ1) is 9.72. The Morgan fingerprint density at radius 2 is 1.95 bits per heavy atom. The molecular formula is C17H31N3. The van der Waals surface area contributed by atoms with Gasteiger partial charge in [-0.05, 0) is 44.9 Å². The molecule has 1 heterocycles. The van der Waals surface area contributed by atoms with Crippen LogP contribution in [-0.2, 0) is 6.54 Å². The first kappa shape index (κ1) is 15.4. The first-order valence-corrected chi connectivity index (χ1v) is 8.53. The molecule has 114 valence electrons. The monoisotopic (exact) mass is 277 g/mol. The fourth-order valence-corrected chi connectivity index (χ4v) is 3.35. The van der Waals surface area contributed by atoms with Gasteiger partial charge in [0.1, 0.15) is 0 Å². The van der Waals surface area contributed by atoms with E-state index in [2.05, 4.69) is 41.8 Å². The second kappa shape index (κ2) is 7.70. The maximum absolute atomic E-state index is 4.66. The van der Waals surface area contributed by atoms with Gasteiger partial charge in [0, 0.05) is 18.8 Å². The molecule has 0 aliphatic heterocycles. The predicted molar refractivity (Wildman–Crippen MR) is 86.1 cm³/mol. The van der Waals surface area contributed by atoms with Crippen LogP contribution in [0.2, 0.25) is 0 Å². The second-order valence-electron chi connectivity index (χ2n) is 6.40. The lowest BCUT2D eigenvalue weighted by atomic mass is 9.83. The molecule has 1 N–H and O–H groups in total. The fraction of sp³-hybridized carbons (Fsp3) is 0.824. The van der Waals surface area contributed by atoms with E-state index in [1.165, 1.54) is 51.4 Å². The zero-order chi connectivity index (χ0) is 14.4. The first-order valence-electron chi connectivity index (χ1n) is 8.53. The van der Waals surface area contributed by atoms with Crippen LogP contribution < -0.4 is 5.32 Å². The van der Waals surface area contributed by atoms with Gasteiger partial charge in [0.25, 0.3) is 0 Å². The third-order valence-corrected chi connectivity index (χ3v) is 4.53. The van der Waals surface area contributed by atoms with Crippen molar-refractivity contribution in [2.24, 2.45) is 5.92 Å². The van der Waals surface area contributed by atoms with E-state index in [0.29, 0.717) is 6.04 Å². The number of rotatable bonds is 7. The average molecular weight is 277 g/mol. The van der Waals surface area contributed by atoms with Crippen LogP contribution in [0, 0.1) is 12.8 Å².